The maximum Gasteiger partial charge on any atom is 0.293 e. The summed E-state index contributed by atoms with van der Waals surface area (Å²) in [6.45, 7) is 12.4. The number of hydrogen-bond acceptors (Lipinski definition) is 6. The number of nitrogens with one attached hydrogen (secondary N) is 1. The molecule has 1 aliphatic rings. The Morgan fingerprint density at radius 1 is 1.48 bits per heavy atom. The largest absolute Gasteiger partial charge is 0.364 e. The molecule has 23 heavy (non-hydrogen) atoms. The van der Waals surface area contributed by atoms with Gasteiger partial charge in [-0.25, -0.2) is 0 Å². The topological polar surface area (TPSA) is 71.4 Å². The van der Waals surface area contributed by atoms with Crippen molar-refractivity contribution in [3.8, 4) is 0 Å². The first kappa shape index (κ1) is 15.7. The van der Waals surface area contributed by atoms with Crippen LogP contribution < -0.4 is 16.0 Å². The van der Waals surface area contributed by atoms with Crippen LogP contribution in [0.4, 0.5) is 22.2 Å². The lowest BCUT2D eigenvalue weighted by molar-refractivity contribution is 0.421. The van der Waals surface area contributed by atoms with Crippen molar-refractivity contribution >= 4 is 33.7 Å². The third-order valence-electron chi connectivity index (χ3n) is 4.22. The molecule has 0 spiro atoms. The second-order valence-corrected chi connectivity index (χ2v) is 6.68. The Hall–Kier alpha value is -2.17. The Bertz CT molecular complexity index is 734. The molecule has 0 unspecified atom stereocenters. The lowest BCUT2D eigenvalue weighted by atomic mass is 9.98. The molecule has 2 atom stereocenters. The molecule has 0 bridgehead atoms. The molecule has 0 radical (unpaired) electrons. The number of nitrogens with two attached hydrogens (primary N) is 1. The Balaban J connectivity index is 1.91. The molecule has 3 heterocycles. The predicted octanol–water partition coefficient (Wildman–Crippen LogP) is 3.46. The summed E-state index contributed by atoms with van der Waals surface area (Å²) in [5.74, 6) is 0.369. The van der Waals surface area contributed by atoms with Gasteiger partial charge in [0.2, 0.25) is 0 Å². The van der Waals surface area contributed by atoms with Crippen molar-refractivity contribution < 1.29 is 0 Å². The lowest BCUT2D eigenvalue weighted by Gasteiger charge is -2.39. The molecule has 1 fully saturated rings. The molecule has 1 aliphatic heterocycles. The first-order valence-electron chi connectivity index (χ1n) is 7.68. The number of aromatic nitrogens is 2. The summed E-state index contributed by atoms with van der Waals surface area (Å²) in [5, 5.41) is 4.18. The molecule has 0 amide bonds. The van der Waals surface area contributed by atoms with Gasteiger partial charge in [0.15, 0.2) is 0 Å². The Labute approximate surface area is 140 Å². The van der Waals surface area contributed by atoms with Crippen molar-refractivity contribution in [2.24, 2.45) is 5.73 Å². The van der Waals surface area contributed by atoms with Gasteiger partial charge in [0, 0.05) is 18.6 Å². The van der Waals surface area contributed by atoms with Gasteiger partial charge in [-0.05, 0) is 50.4 Å². The van der Waals surface area contributed by atoms with Gasteiger partial charge in [-0.3, -0.25) is 0 Å². The molecule has 3 N–H and O–H groups in total. The highest BCUT2D eigenvalue weighted by Gasteiger charge is 2.26. The van der Waals surface area contributed by atoms with E-state index in [0.29, 0.717) is 11.5 Å². The van der Waals surface area contributed by atoms with E-state index in [4.69, 9.17) is 12.3 Å². The van der Waals surface area contributed by atoms with E-state index >= 15 is 0 Å². The highest BCUT2D eigenvalue weighted by atomic mass is 32.1. The van der Waals surface area contributed by atoms with Crippen LogP contribution in [0.5, 0.6) is 0 Å². The van der Waals surface area contributed by atoms with E-state index in [0.717, 1.165) is 35.8 Å². The zero-order valence-corrected chi connectivity index (χ0v) is 14.1. The highest BCUT2D eigenvalue weighted by molar-refractivity contribution is 7.10. The SMILES string of the molecule is [C-]#[N+]c1ncc(N2CCC[C@@H](N)[C@H]2C)cc1Nc1cc(C)ns1. The van der Waals surface area contributed by atoms with Crippen LogP contribution in [0.1, 0.15) is 25.5 Å². The van der Waals surface area contributed by atoms with Gasteiger partial charge >= 0.3 is 0 Å². The summed E-state index contributed by atoms with van der Waals surface area (Å²) >= 11 is 1.38. The fourth-order valence-corrected chi connectivity index (χ4v) is 3.55. The second kappa shape index (κ2) is 6.52. The zero-order valence-electron chi connectivity index (χ0n) is 13.3. The second-order valence-electron chi connectivity index (χ2n) is 5.87. The summed E-state index contributed by atoms with van der Waals surface area (Å²) in [6, 6.07) is 4.39. The maximum atomic E-state index is 7.32. The smallest absolute Gasteiger partial charge is 0.293 e. The number of piperidine rings is 1. The summed E-state index contributed by atoms with van der Waals surface area (Å²) in [6.07, 6.45) is 3.90. The number of aryl methyl sites for hydroxylation is 1. The molecule has 120 valence electrons. The van der Waals surface area contributed by atoms with Gasteiger partial charge < -0.3 is 20.8 Å². The number of hydrogen-bond donors (Lipinski definition) is 2. The minimum atomic E-state index is 0.171. The summed E-state index contributed by atoms with van der Waals surface area (Å²) in [5.41, 5.74) is 8.87. The number of rotatable bonds is 3. The van der Waals surface area contributed by atoms with Crippen molar-refractivity contribution in [1.82, 2.24) is 9.36 Å². The third-order valence-corrected chi connectivity index (χ3v) is 5.02. The van der Waals surface area contributed by atoms with E-state index in [-0.39, 0.29) is 12.1 Å². The molecule has 7 heteroatoms. The van der Waals surface area contributed by atoms with E-state index in [9.17, 15) is 0 Å². The Morgan fingerprint density at radius 3 is 3.00 bits per heavy atom. The average Bonchev–Trinajstić information content (AvgIpc) is 2.95. The van der Waals surface area contributed by atoms with Crippen molar-refractivity contribution in [2.75, 3.05) is 16.8 Å². The molecule has 0 aromatic carbocycles. The first-order valence-corrected chi connectivity index (χ1v) is 8.46. The molecule has 0 aliphatic carbocycles. The average molecular weight is 328 g/mol. The maximum absolute atomic E-state index is 7.32. The lowest BCUT2D eigenvalue weighted by Crippen LogP contribution is -2.50. The van der Waals surface area contributed by atoms with Gasteiger partial charge in [0.25, 0.3) is 5.82 Å². The van der Waals surface area contributed by atoms with Gasteiger partial charge in [-0.1, -0.05) is 6.57 Å². The minimum absolute atomic E-state index is 0.171. The van der Waals surface area contributed by atoms with Crippen LogP contribution in [0.2, 0.25) is 0 Å². The normalized spacial score (nSPS) is 21.0. The van der Waals surface area contributed by atoms with Gasteiger partial charge in [0.1, 0.15) is 11.2 Å². The first-order chi connectivity index (χ1) is 11.1. The van der Waals surface area contributed by atoms with Crippen LogP contribution in [0.15, 0.2) is 18.3 Å². The summed E-state index contributed by atoms with van der Waals surface area (Å²) in [7, 11) is 0. The van der Waals surface area contributed by atoms with Crippen LogP contribution in [0.3, 0.4) is 0 Å². The Morgan fingerprint density at radius 2 is 2.30 bits per heavy atom. The van der Waals surface area contributed by atoms with E-state index in [2.05, 4.69) is 31.3 Å². The van der Waals surface area contributed by atoms with Crippen LogP contribution >= 0.6 is 11.5 Å². The predicted molar refractivity (Wildman–Crippen MR) is 94.7 cm³/mol. The molecule has 6 nitrogen and oxygen atoms in total. The number of nitrogens with zero attached hydrogens (tertiary/aromatic N) is 4. The summed E-state index contributed by atoms with van der Waals surface area (Å²) < 4.78 is 4.26. The highest BCUT2D eigenvalue weighted by Crippen LogP contribution is 2.33. The van der Waals surface area contributed by atoms with Gasteiger partial charge in [0.05, 0.1) is 17.1 Å². The Kier molecular flexibility index (Phi) is 4.46. The standard InChI is InChI=1S/C16H20N6S/c1-10-7-15(23-21-10)20-14-8-12(9-19-16(14)18-3)22-6-4-5-13(17)11(22)2/h7-9,11,13,20H,4-6,17H2,1-2H3/t11-,13-/m1/s1. The molecule has 1 saturated heterocycles. The minimum Gasteiger partial charge on any atom is -0.364 e. The van der Waals surface area contributed by atoms with Crippen molar-refractivity contribution in [2.45, 2.75) is 38.8 Å². The third kappa shape index (κ3) is 3.28. The molecule has 3 rings (SSSR count). The van der Waals surface area contributed by atoms with E-state index in [1.54, 1.807) is 6.20 Å². The van der Waals surface area contributed by atoms with Crippen LogP contribution in [-0.2, 0) is 0 Å². The summed E-state index contributed by atoms with van der Waals surface area (Å²) in [4.78, 5) is 10.1. The van der Waals surface area contributed by atoms with E-state index < -0.39 is 0 Å². The van der Waals surface area contributed by atoms with E-state index in [1.165, 1.54) is 11.5 Å². The van der Waals surface area contributed by atoms with Crippen molar-refractivity contribution in [3.63, 3.8) is 0 Å². The molecule has 0 saturated carbocycles. The zero-order chi connectivity index (χ0) is 16.4. The van der Waals surface area contributed by atoms with Gasteiger partial charge in [-0.2, -0.15) is 4.37 Å². The number of pyridine rings is 1. The quantitative estimate of drug-likeness (QED) is 0.844. The van der Waals surface area contributed by atoms with Crippen LogP contribution in [0.25, 0.3) is 4.85 Å². The number of anilines is 3. The van der Waals surface area contributed by atoms with Crippen molar-refractivity contribution in [3.05, 3.63) is 35.4 Å². The molecular weight excluding hydrogens is 308 g/mol. The van der Waals surface area contributed by atoms with Crippen molar-refractivity contribution in [1.29, 1.82) is 0 Å². The molecule has 2 aromatic heterocycles. The fraction of sp³-hybridized carbons (Fsp3) is 0.438. The fourth-order valence-electron chi connectivity index (χ4n) is 2.88. The van der Waals surface area contributed by atoms with Gasteiger partial charge in [-0.15, -0.1) is 4.98 Å². The monoisotopic (exact) mass is 328 g/mol. The van der Waals surface area contributed by atoms with E-state index in [1.807, 2.05) is 19.1 Å². The molecular formula is C16H20N6S. The molecule has 2 aromatic rings. The van der Waals surface area contributed by atoms with Crippen LogP contribution in [0, 0.1) is 13.5 Å². The van der Waals surface area contributed by atoms with Crippen LogP contribution in [-0.4, -0.2) is 28.0 Å².